The minimum absolute atomic E-state index is 0.187. The lowest BCUT2D eigenvalue weighted by atomic mass is 10.1. The van der Waals surface area contributed by atoms with Crippen LogP contribution in [0, 0.1) is 11.3 Å². The highest BCUT2D eigenvalue weighted by atomic mass is 16.2. The smallest absolute Gasteiger partial charge is 0.274 e. The van der Waals surface area contributed by atoms with Crippen LogP contribution in [0.3, 0.4) is 0 Å². The van der Waals surface area contributed by atoms with Crippen LogP contribution in [0.1, 0.15) is 21.6 Å². The zero-order valence-corrected chi connectivity index (χ0v) is 12.6. The Morgan fingerprint density at radius 1 is 1.13 bits per heavy atom. The summed E-state index contributed by atoms with van der Waals surface area (Å²) in [6.45, 7) is 0.444. The van der Waals surface area contributed by atoms with E-state index >= 15 is 0 Å². The predicted octanol–water partition coefficient (Wildman–Crippen LogP) is 2.77. The minimum Gasteiger partial charge on any atom is -0.336 e. The van der Waals surface area contributed by atoms with Gasteiger partial charge in [0.1, 0.15) is 5.69 Å². The van der Waals surface area contributed by atoms with E-state index < -0.39 is 0 Å². The van der Waals surface area contributed by atoms with Gasteiger partial charge in [0, 0.05) is 13.6 Å². The van der Waals surface area contributed by atoms with Crippen molar-refractivity contribution in [2.45, 2.75) is 6.54 Å². The summed E-state index contributed by atoms with van der Waals surface area (Å²) in [5, 5.41) is 8.80. The summed E-state index contributed by atoms with van der Waals surface area (Å²) in [4.78, 5) is 22.7. The van der Waals surface area contributed by atoms with Crippen molar-refractivity contribution in [3.8, 4) is 6.07 Å². The lowest BCUT2D eigenvalue weighted by Gasteiger charge is -2.16. The van der Waals surface area contributed by atoms with Crippen molar-refractivity contribution in [1.29, 1.82) is 5.26 Å². The fraction of sp³-hybridized carbons (Fsp3) is 0.111. The van der Waals surface area contributed by atoms with Gasteiger partial charge in [-0.2, -0.15) is 5.26 Å². The van der Waals surface area contributed by atoms with Crippen LogP contribution in [0.5, 0.6) is 0 Å². The molecule has 23 heavy (non-hydrogen) atoms. The van der Waals surface area contributed by atoms with Gasteiger partial charge in [-0.15, -0.1) is 0 Å². The molecule has 5 heteroatoms. The van der Waals surface area contributed by atoms with Crippen LogP contribution in [-0.2, 0) is 6.54 Å². The van der Waals surface area contributed by atoms with Gasteiger partial charge in [0.15, 0.2) is 0 Å². The predicted molar refractivity (Wildman–Crippen MR) is 86.5 cm³/mol. The number of carbonyl (C=O) groups is 1. The number of para-hydroxylation sites is 2. The second kappa shape index (κ2) is 6.24. The number of aromatic nitrogens is 2. The Morgan fingerprint density at radius 3 is 2.52 bits per heavy atom. The third kappa shape index (κ3) is 3.16. The Bertz CT molecular complexity index is 897. The van der Waals surface area contributed by atoms with E-state index in [0.717, 1.165) is 11.1 Å². The number of nitriles is 1. The van der Waals surface area contributed by atoms with Crippen LogP contribution in [0.25, 0.3) is 11.0 Å². The van der Waals surface area contributed by atoms with Gasteiger partial charge in [-0.25, -0.2) is 4.98 Å². The average Bonchev–Trinajstić information content (AvgIpc) is 2.61. The first kappa shape index (κ1) is 14.7. The van der Waals surface area contributed by atoms with Gasteiger partial charge in [-0.1, -0.05) is 24.3 Å². The zero-order chi connectivity index (χ0) is 16.2. The van der Waals surface area contributed by atoms with Crippen LogP contribution in [-0.4, -0.2) is 27.8 Å². The maximum absolute atomic E-state index is 12.5. The maximum Gasteiger partial charge on any atom is 0.274 e. The number of hydrogen-bond acceptors (Lipinski definition) is 4. The van der Waals surface area contributed by atoms with Gasteiger partial charge in [0.2, 0.25) is 0 Å². The number of amides is 1. The van der Waals surface area contributed by atoms with Gasteiger partial charge in [-0.05, 0) is 29.8 Å². The molecule has 0 bridgehead atoms. The van der Waals surface area contributed by atoms with Crippen LogP contribution >= 0.6 is 0 Å². The van der Waals surface area contributed by atoms with Crippen molar-refractivity contribution >= 4 is 16.9 Å². The van der Waals surface area contributed by atoms with E-state index in [9.17, 15) is 4.79 Å². The molecule has 3 aromatic rings. The highest BCUT2D eigenvalue weighted by Crippen LogP contribution is 2.12. The number of rotatable bonds is 3. The minimum atomic E-state index is -0.187. The van der Waals surface area contributed by atoms with E-state index in [-0.39, 0.29) is 5.91 Å². The average molecular weight is 302 g/mol. The molecule has 0 spiro atoms. The van der Waals surface area contributed by atoms with E-state index in [1.165, 1.54) is 6.20 Å². The standard InChI is InChI=1S/C18H14N4O/c1-22(12-14-8-6-13(10-19)7-9-14)18(23)17-11-20-15-4-2-3-5-16(15)21-17/h2-9,11H,12H2,1H3. The van der Waals surface area contributed by atoms with Crippen molar-refractivity contribution < 1.29 is 4.79 Å². The molecule has 0 atom stereocenters. The second-order valence-corrected chi connectivity index (χ2v) is 5.21. The molecule has 1 heterocycles. The van der Waals surface area contributed by atoms with Crippen molar-refractivity contribution in [3.05, 3.63) is 71.5 Å². The molecule has 0 saturated carbocycles. The third-order valence-corrected chi connectivity index (χ3v) is 3.52. The lowest BCUT2D eigenvalue weighted by Crippen LogP contribution is -2.27. The Kier molecular flexibility index (Phi) is 3.98. The fourth-order valence-electron chi connectivity index (χ4n) is 2.29. The molecular weight excluding hydrogens is 288 g/mol. The molecule has 0 aliphatic rings. The number of benzene rings is 2. The van der Waals surface area contributed by atoms with Crippen molar-refractivity contribution in [2.24, 2.45) is 0 Å². The topological polar surface area (TPSA) is 69.9 Å². The summed E-state index contributed by atoms with van der Waals surface area (Å²) in [7, 11) is 1.72. The molecule has 3 rings (SSSR count). The molecule has 1 amide bonds. The SMILES string of the molecule is CN(Cc1ccc(C#N)cc1)C(=O)c1cnc2ccccc2n1. The van der Waals surface area contributed by atoms with Crippen LogP contribution in [0.4, 0.5) is 0 Å². The summed E-state index contributed by atoms with van der Waals surface area (Å²) in [6.07, 6.45) is 1.50. The van der Waals surface area contributed by atoms with E-state index in [1.54, 1.807) is 24.1 Å². The van der Waals surface area contributed by atoms with Crippen molar-refractivity contribution in [2.75, 3.05) is 7.05 Å². The van der Waals surface area contributed by atoms with Crippen LogP contribution in [0.2, 0.25) is 0 Å². The maximum atomic E-state index is 12.5. The molecular formula is C18H14N4O. The quantitative estimate of drug-likeness (QED) is 0.746. The molecule has 2 aromatic carbocycles. The summed E-state index contributed by atoms with van der Waals surface area (Å²) in [5.41, 5.74) is 3.33. The molecule has 112 valence electrons. The van der Waals surface area contributed by atoms with E-state index in [0.29, 0.717) is 23.3 Å². The van der Waals surface area contributed by atoms with Gasteiger partial charge in [-0.3, -0.25) is 9.78 Å². The first-order valence-corrected chi connectivity index (χ1v) is 7.13. The Morgan fingerprint density at radius 2 is 1.83 bits per heavy atom. The molecule has 0 fully saturated rings. The van der Waals surface area contributed by atoms with Crippen LogP contribution in [0.15, 0.2) is 54.7 Å². The van der Waals surface area contributed by atoms with Gasteiger partial charge in [0.05, 0.1) is 28.9 Å². The highest BCUT2D eigenvalue weighted by Gasteiger charge is 2.14. The van der Waals surface area contributed by atoms with E-state index in [2.05, 4.69) is 16.0 Å². The Labute approximate surface area is 133 Å². The molecule has 0 saturated heterocycles. The second-order valence-electron chi connectivity index (χ2n) is 5.21. The van der Waals surface area contributed by atoms with Gasteiger partial charge < -0.3 is 4.90 Å². The van der Waals surface area contributed by atoms with Crippen LogP contribution < -0.4 is 0 Å². The van der Waals surface area contributed by atoms with Gasteiger partial charge >= 0.3 is 0 Å². The molecule has 1 aromatic heterocycles. The molecule has 0 unspecified atom stereocenters. The number of carbonyl (C=O) groups excluding carboxylic acids is 1. The zero-order valence-electron chi connectivity index (χ0n) is 12.6. The lowest BCUT2D eigenvalue weighted by molar-refractivity contribution is 0.0779. The Balaban J connectivity index is 1.78. The molecule has 0 radical (unpaired) electrons. The normalized spacial score (nSPS) is 10.3. The molecule has 0 aliphatic carbocycles. The number of hydrogen-bond donors (Lipinski definition) is 0. The number of nitrogens with zero attached hydrogens (tertiary/aromatic N) is 4. The summed E-state index contributed by atoms with van der Waals surface area (Å²) in [5.74, 6) is -0.187. The summed E-state index contributed by atoms with van der Waals surface area (Å²) in [6, 6.07) is 16.7. The Hall–Kier alpha value is -3.26. The molecule has 0 aliphatic heterocycles. The summed E-state index contributed by atoms with van der Waals surface area (Å²) >= 11 is 0. The third-order valence-electron chi connectivity index (χ3n) is 3.52. The van der Waals surface area contributed by atoms with Crippen molar-refractivity contribution in [3.63, 3.8) is 0 Å². The molecule has 0 N–H and O–H groups in total. The monoisotopic (exact) mass is 302 g/mol. The number of fused-ring (bicyclic) bond motifs is 1. The summed E-state index contributed by atoms with van der Waals surface area (Å²) < 4.78 is 0. The van der Waals surface area contributed by atoms with Crippen molar-refractivity contribution in [1.82, 2.24) is 14.9 Å². The van der Waals surface area contributed by atoms with Gasteiger partial charge in [0.25, 0.3) is 5.91 Å². The van der Waals surface area contributed by atoms with E-state index in [1.807, 2.05) is 36.4 Å². The van der Waals surface area contributed by atoms with E-state index in [4.69, 9.17) is 5.26 Å². The molecule has 5 nitrogen and oxygen atoms in total. The first-order chi connectivity index (χ1) is 11.2. The first-order valence-electron chi connectivity index (χ1n) is 7.13. The fourth-order valence-corrected chi connectivity index (χ4v) is 2.29. The highest BCUT2D eigenvalue weighted by molar-refractivity contribution is 5.93. The largest absolute Gasteiger partial charge is 0.336 e.